The fourth-order valence-corrected chi connectivity index (χ4v) is 7.76. The van der Waals surface area contributed by atoms with E-state index in [1.165, 1.54) is 6.08 Å². The molecular formula is C36H46ClN9O3. The van der Waals surface area contributed by atoms with Gasteiger partial charge in [-0.2, -0.15) is 10.4 Å². The number of likely N-dealkylation sites (N-methyl/N-ethyl adjacent to an activating group) is 1. The molecule has 12 nitrogen and oxygen atoms in total. The molecule has 5 heterocycles. The fourth-order valence-electron chi connectivity index (χ4n) is 7.49. The zero-order valence-electron chi connectivity index (χ0n) is 28.9. The summed E-state index contributed by atoms with van der Waals surface area (Å²) in [4.78, 5) is 39.6. The molecule has 260 valence electrons. The van der Waals surface area contributed by atoms with Gasteiger partial charge in [-0.1, -0.05) is 18.2 Å². The van der Waals surface area contributed by atoms with E-state index in [4.69, 9.17) is 26.4 Å². The molecule has 13 heteroatoms. The van der Waals surface area contributed by atoms with Gasteiger partial charge in [-0.25, -0.2) is 9.67 Å². The van der Waals surface area contributed by atoms with Crippen molar-refractivity contribution in [2.45, 2.75) is 70.8 Å². The van der Waals surface area contributed by atoms with Crippen molar-refractivity contribution in [3.63, 3.8) is 0 Å². The maximum atomic E-state index is 13.7. The number of carbonyl (C=O) groups is 2. The minimum Gasteiger partial charge on any atom is -0.367 e. The van der Waals surface area contributed by atoms with Gasteiger partial charge in [0.15, 0.2) is 6.23 Å². The third-order valence-electron chi connectivity index (χ3n) is 9.76. The number of ether oxygens (including phenoxy) is 1. The van der Waals surface area contributed by atoms with E-state index in [1.807, 2.05) is 49.8 Å². The molecule has 1 unspecified atom stereocenters. The van der Waals surface area contributed by atoms with Crippen molar-refractivity contribution in [3.05, 3.63) is 58.5 Å². The van der Waals surface area contributed by atoms with Gasteiger partial charge < -0.3 is 29.7 Å². The Bertz CT molecular complexity index is 1780. The summed E-state index contributed by atoms with van der Waals surface area (Å²) in [7, 11) is 3.94. The van der Waals surface area contributed by atoms with Crippen molar-refractivity contribution in [1.29, 1.82) is 5.26 Å². The first kappa shape index (κ1) is 34.7. The molecule has 3 aliphatic heterocycles. The molecule has 1 aromatic carbocycles. The number of hydrogen-bond donors (Lipinski definition) is 1. The lowest BCUT2D eigenvalue weighted by atomic mass is 9.98. The van der Waals surface area contributed by atoms with Crippen molar-refractivity contribution in [1.82, 2.24) is 29.9 Å². The van der Waals surface area contributed by atoms with E-state index >= 15 is 0 Å². The summed E-state index contributed by atoms with van der Waals surface area (Å²) in [6.45, 7) is 11.7. The van der Waals surface area contributed by atoms with Gasteiger partial charge in [0.1, 0.15) is 5.69 Å². The Morgan fingerprint density at radius 2 is 2.06 bits per heavy atom. The van der Waals surface area contributed by atoms with Crippen LogP contribution in [0, 0.1) is 18.3 Å². The number of aryl methyl sites for hydroxylation is 1. The molecule has 0 radical (unpaired) electrons. The highest BCUT2D eigenvalue weighted by Crippen LogP contribution is 2.41. The Morgan fingerprint density at radius 1 is 1.24 bits per heavy atom. The van der Waals surface area contributed by atoms with E-state index in [0.717, 1.165) is 65.0 Å². The van der Waals surface area contributed by atoms with E-state index in [2.05, 4.69) is 33.8 Å². The second-order valence-electron chi connectivity index (χ2n) is 13.7. The maximum Gasteiger partial charge on any atom is 0.270 e. The Hall–Kier alpha value is -4.18. The van der Waals surface area contributed by atoms with Crippen LogP contribution in [0.2, 0.25) is 5.02 Å². The fraction of sp³-hybridized carbons (Fsp3) is 0.528. The lowest BCUT2D eigenvalue weighted by molar-refractivity contribution is -0.128. The van der Waals surface area contributed by atoms with Crippen molar-refractivity contribution in [3.8, 4) is 6.07 Å². The van der Waals surface area contributed by atoms with Crippen LogP contribution in [0.25, 0.3) is 10.9 Å². The van der Waals surface area contributed by atoms with Gasteiger partial charge in [0, 0.05) is 62.0 Å². The van der Waals surface area contributed by atoms with Crippen LogP contribution in [-0.2, 0) is 22.5 Å². The number of anilines is 2. The standard InChI is InChI=1S/C36H46ClN9O3/c1-6-32(47)45-15-14-43(21-25(45)10-12-38)30-18-28(36(48)40-24(3)20-42(4)5)41-29-22-44(13-11-26(29)30)35-27-19-39-46(33-9-7-8-16-49-33)31(27)17-23(2)34(35)37/h6,17-19,24-25,33H,1,7-11,13-16,20-22H2,2-5H3,(H,40,48)/t24-,25+,33?/m1/s1. The van der Waals surface area contributed by atoms with Crippen LogP contribution in [0.5, 0.6) is 0 Å². The first-order valence-electron chi connectivity index (χ1n) is 17.2. The normalized spacial score (nSPS) is 20.2. The first-order chi connectivity index (χ1) is 23.6. The summed E-state index contributed by atoms with van der Waals surface area (Å²) in [5.41, 5.74) is 6.00. The number of nitriles is 1. The Labute approximate surface area is 293 Å². The number of nitrogens with zero attached hydrogens (tertiary/aromatic N) is 8. The zero-order chi connectivity index (χ0) is 34.8. The Balaban J connectivity index is 1.38. The largest absolute Gasteiger partial charge is 0.367 e. The molecule has 0 saturated carbocycles. The number of fused-ring (bicyclic) bond motifs is 2. The predicted octanol–water partition coefficient (Wildman–Crippen LogP) is 4.45. The third kappa shape index (κ3) is 7.11. The van der Waals surface area contributed by atoms with Gasteiger partial charge in [-0.3, -0.25) is 9.59 Å². The number of amides is 2. The summed E-state index contributed by atoms with van der Waals surface area (Å²) < 4.78 is 8.08. The number of rotatable bonds is 9. The minimum absolute atomic E-state index is 0.0854. The summed E-state index contributed by atoms with van der Waals surface area (Å²) in [6, 6.07) is 5.84. The quantitative estimate of drug-likeness (QED) is 0.325. The number of piperazine rings is 1. The second-order valence-corrected chi connectivity index (χ2v) is 14.0. The molecule has 0 aliphatic carbocycles. The van der Waals surface area contributed by atoms with Crippen molar-refractivity contribution in [2.75, 3.05) is 63.2 Å². The lowest BCUT2D eigenvalue weighted by Gasteiger charge is -2.43. The van der Waals surface area contributed by atoms with Gasteiger partial charge in [0.2, 0.25) is 5.91 Å². The summed E-state index contributed by atoms with van der Waals surface area (Å²) in [5.74, 6) is -0.420. The number of carbonyl (C=O) groups excluding carboxylic acids is 2. The van der Waals surface area contributed by atoms with Crippen LogP contribution >= 0.6 is 11.6 Å². The van der Waals surface area contributed by atoms with E-state index < -0.39 is 0 Å². The van der Waals surface area contributed by atoms with Gasteiger partial charge in [-0.15, -0.1) is 0 Å². The van der Waals surface area contributed by atoms with Crippen LogP contribution in [0.15, 0.2) is 31.0 Å². The number of aromatic nitrogens is 3. The minimum atomic E-state index is -0.297. The molecule has 49 heavy (non-hydrogen) atoms. The van der Waals surface area contributed by atoms with Gasteiger partial charge in [0.25, 0.3) is 5.91 Å². The molecular weight excluding hydrogens is 642 g/mol. The van der Waals surface area contributed by atoms with Gasteiger partial charge in [0.05, 0.1) is 53.2 Å². The number of hydrogen-bond acceptors (Lipinski definition) is 9. The summed E-state index contributed by atoms with van der Waals surface area (Å²) >= 11 is 7.09. The summed E-state index contributed by atoms with van der Waals surface area (Å²) in [5, 5.41) is 19.1. The molecule has 3 aliphatic rings. The average molecular weight is 688 g/mol. The third-order valence-corrected chi connectivity index (χ3v) is 10.2. The molecule has 2 fully saturated rings. The average Bonchev–Trinajstić information content (AvgIpc) is 3.50. The molecule has 0 bridgehead atoms. The smallest absolute Gasteiger partial charge is 0.270 e. The van der Waals surface area contributed by atoms with Crippen molar-refractivity contribution in [2.24, 2.45) is 0 Å². The second kappa shape index (κ2) is 14.7. The molecule has 2 aromatic heterocycles. The van der Waals surface area contributed by atoms with E-state index in [9.17, 15) is 14.9 Å². The molecule has 1 N–H and O–H groups in total. The van der Waals surface area contributed by atoms with Crippen LogP contribution in [0.4, 0.5) is 11.4 Å². The first-order valence-corrected chi connectivity index (χ1v) is 17.5. The van der Waals surface area contributed by atoms with E-state index in [0.29, 0.717) is 56.4 Å². The lowest BCUT2D eigenvalue weighted by Crippen LogP contribution is -2.55. The van der Waals surface area contributed by atoms with Gasteiger partial charge in [-0.05, 0) is 77.4 Å². The Morgan fingerprint density at radius 3 is 2.78 bits per heavy atom. The van der Waals surface area contributed by atoms with Crippen LogP contribution < -0.4 is 15.1 Å². The highest BCUT2D eigenvalue weighted by molar-refractivity contribution is 6.35. The van der Waals surface area contributed by atoms with Crippen LogP contribution in [0.1, 0.15) is 66.1 Å². The predicted molar refractivity (Wildman–Crippen MR) is 191 cm³/mol. The highest BCUT2D eigenvalue weighted by atomic mass is 35.5. The number of halogens is 1. The topological polar surface area (TPSA) is 123 Å². The van der Waals surface area contributed by atoms with E-state index in [1.54, 1.807) is 4.90 Å². The van der Waals surface area contributed by atoms with Crippen LogP contribution in [-0.4, -0.2) is 102 Å². The highest BCUT2D eigenvalue weighted by Gasteiger charge is 2.34. The number of pyridine rings is 1. The number of benzene rings is 1. The molecule has 3 atom stereocenters. The monoisotopic (exact) mass is 687 g/mol. The van der Waals surface area contributed by atoms with Crippen LogP contribution in [0.3, 0.4) is 0 Å². The Kier molecular flexibility index (Phi) is 10.4. The van der Waals surface area contributed by atoms with Gasteiger partial charge >= 0.3 is 0 Å². The molecule has 2 saturated heterocycles. The molecule has 6 rings (SSSR count). The summed E-state index contributed by atoms with van der Waals surface area (Å²) in [6.07, 6.45) is 7.05. The zero-order valence-corrected chi connectivity index (χ0v) is 29.7. The molecule has 0 spiro atoms. The molecule has 3 aromatic rings. The SMILES string of the molecule is C=CC(=O)N1CCN(c2cc(C(=O)N[C@H](C)CN(C)C)nc3c2CCN(c2c(Cl)c(C)cc4c2cnn4C2CCCCO2)C3)C[C@@H]1CC#N. The maximum absolute atomic E-state index is 13.7. The number of nitrogens with one attached hydrogen (secondary N) is 1. The van der Waals surface area contributed by atoms with Crippen molar-refractivity contribution < 1.29 is 14.3 Å². The molecule has 2 amide bonds. The van der Waals surface area contributed by atoms with Crippen molar-refractivity contribution >= 4 is 45.7 Å². The van der Waals surface area contributed by atoms with E-state index in [-0.39, 0.29) is 36.5 Å².